The van der Waals surface area contributed by atoms with Gasteiger partial charge in [-0.2, -0.15) is 0 Å². The van der Waals surface area contributed by atoms with Gasteiger partial charge in [-0.1, -0.05) is 19.1 Å². The third-order valence-electron chi connectivity index (χ3n) is 3.30. The maximum Gasteiger partial charge on any atom is 0.332 e. The van der Waals surface area contributed by atoms with Crippen molar-refractivity contribution in [3.63, 3.8) is 0 Å². The van der Waals surface area contributed by atoms with Gasteiger partial charge in [0.05, 0.1) is 12.3 Å². The normalized spacial score (nSPS) is 14.9. The van der Waals surface area contributed by atoms with Crippen molar-refractivity contribution in [3.8, 4) is 17.2 Å². The summed E-state index contributed by atoms with van der Waals surface area (Å²) in [6.45, 7) is 3.68. The smallest absolute Gasteiger partial charge is 0.332 e. The fourth-order valence-electron chi connectivity index (χ4n) is 1.94. The van der Waals surface area contributed by atoms with E-state index in [1.54, 1.807) is 43.3 Å². The number of phenolic OH excluding ortho intramolecular Hbond substituents is 1. The largest absolute Gasteiger partial charge is 0.508 e. The van der Waals surface area contributed by atoms with E-state index < -0.39 is 7.60 Å². The first kappa shape index (κ1) is 17.5. The third kappa shape index (κ3) is 5.71. The van der Waals surface area contributed by atoms with Crippen molar-refractivity contribution in [1.82, 2.24) is 0 Å². The van der Waals surface area contributed by atoms with E-state index in [0.29, 0.717) is 23.5 Å². The Labute approximate surface area is 136 Å². The lowest BCUT2D eigenvalue weighted by Crippen LogP contribution is -2.05. The van der Waals surface area contributed by atoms with Crippen LogP contribution in [0.1, 0.15) is 25.8 Å². The zero-order valence-electron chi connectivity index (χ0n) is 13.2. The Hall–Kier alpha value is -1.81. The Bertz CT molecular complexity index is 666. The van der Waals surface area contributed by atoms with Crippen LogP contribution in [-0.2, 0) is 15.3 Å². The van der Waals surface area contributed by atoms with Crippen LogP contribution in [0.15, 0.2) is 48.5 Å². The molecule has 2 N–H and O–H groups in total. The number of hydrogen-bond donors (Lipinski definition) is 2. The van der Waals surface area contributed by atoms with Crippen molar-refractivity contribution in [2.24, 2.45) is 0 Å². The Morgan fingerprint density at radius 1 is 1.04 bits per heavy atom. The van der Waals surface area contributed by atoms with Crippen molar-refractivity contribution in [1.29, 1.82) is 0 Å². The molecule has 0 heterocycles. The zero-order chi connectivity index (χ0) is 16.9. The molecule has 0 saturated heterocycles. The van der Waals surface area contributed by atoms with Crippen LogP contribution in [0.25, 0.3) is 0 Å². The predicted octanol–water partition coefficient (Wildman–Crippen LogP) is 4.69. The third-order valence-corrected chi connectivity index (χ3v) is 4.75. The summed E-state index contributed by atoms with van der Waals surface area (Å²) in [5, 5.41) is 9.23. The van der Waals surface area contributed by atoms with Crippen molar-refractivity contribution >= 4 is 7.60 Å². The molecule has 0 aliphatic heterocycles. The number of hydrogen-bond acceptors (Lipinski definition) is 4. The van der Waals surface area contributed by atoms with Gasteiger partial charge in [0.2, 0.25) is 0 Å². The maximum absolute atomic E-state index is 12.0. The van der Waals surface area contributed by atoms with Crippen LogP contribution in [0, 0.1) is 0 Å². The highest BCUT2D eigenvalue weighted by Gasteiger charge is 2.22. The van der Waals surface area contributed by atoms with Crippen LogP contribution >= 0.6 is 7.60 Å². The van der Waals surface area contributed by atoms with Crippen molar-refractivity contribution < 1.29 is 23.8 Å². The highest BCUT2D eigenvalue weighted by molar-refractivity contribution is 7.51. The number of benzene rings is 2. The first-order valence-electron chi connectivity index (χ1n) is 7.44. The molecule has 0 amide bonds. The number of phenols is 1. The molecule has 0 spiro atoms. The molecule has 0 saturated carbocycles. The summed E-state index contributed by atoms with van der Waals surface area (Å²) in [7, 11) is -3.64. The summed E-state index contributed by atoms with van der Waals surface area (Å²) < 4.78 is 22.8. The summed E-state index contributed by atoms with van der Waals surface area (Å²) in [6, 6.07) is 13.3. The van der Waals surface area contributed by atoms with Gasteiger partial charge in [-0.3, -0.25) is 4.57 Å². The average molecular weight is 336 g/mol. The highest BCUT2D eigenvalue weighted by Crippen LogP contribution is 2.47. The number of ether oxygens (including phenoxy) is 1. The van der Waals surface area contributed by atoms with Crippen LogP contribution < -0.4 is 4.74 Å². The van der Waals surface area contributed by atoms with Gasteiger partial charge in [-0.15, -0.1) is 0 Å². The molecule has 2 atom stereocenters. The van der Waals surface area contributed by atoms with E-state index in [2.05, 4.69) is 0 Å². The number of rotatable bonds is 7. The molecule has 0 aromatic heterocycles. The maximum atomic E-state index is 12.0. The fourth-order valence-corrected chi connectivity index (χ4v) is 3.40. The summed E-state index contributed by atoms with van der Waals surface area (Å²) >= 11 is 0. The standard InChI is InChI=1S/C17H21O5P/c1-3-13(2)22-23(19,20)12-14-4-8-16(9-5-14)21-17-10-6-15(18)7-11-17/h4-11,13,18H,3,12H2,1-2H3,(H,19,20). The van der Waals surface area contributed by atoms with Gasteiger partial charge in [-0.25, -0.2) is 0 Å². The molecular weight excluding hydrogens is 315 g/mol. The van der Waals surface area contributed by atoms with Gasteiger partial charge in [0.1, 0.15) is 17.2 Å². The van der Waals surface area contributed by atoms with Crippen molar-refractivity contribution in [3.05, 3.63) is 54.1 Å². The second-order valence-electron chi connectivity index (χ2n) is 5.36. The quantitative estimate of drug-likeness (QED) is 0.718. The van der Waals surface area contributed by atoms with Crippen molar-refractivity contribution in [2.45, 2.75) is 32.5 Å². The minimum absolute atomic E-state index is 0.0309. The first-order chi connectivity index (χ1) is 10.9. The second-order valence-corrected chi connectivity index (χ2v) is 7.16. The molecule has 124 valence electrons. The van der Waals surface area contributed by atoms with Crippen LogP contribution in [0.5, 0.6) is 17.2 Å². The summed E-state index contributed by atoms with van der Waals surface area (Å²) in [6.07, 6.45) is 0.406. The lowest BCUT2D eigenvalue weighted by molar-refractivity contribution is 0.185. The van der Waals surface area contributed by atoms with E-state index in [1.807, 2.05) is 6.92 Å². The molecule has 2 aromatic carbocycles. The molecule has 6 heteroatoms. The fraction of sp³-hybridized carbons (Fsp3) is 0.294. The molecule has 0 bridgehead atoms. The Morgan fingerprint density at radius 2 is 1.57 bits per heavy atom. The summed E-state index contributed by atoms with van der Waals surface area (Å²) in [4.78, 5) is 9.88. The van der Waals surface area contributed by atoms with Crippen molar-refractivity contribution in [2.75, 3.05) is 0 Å². The molecule has 0 fully saturated rings. The van der Waals surface area contributed by atoms with Gasteiger partial charge in [0, 0.05) is 0 Å². The van der Waals surface area contributed by atoms with E-state index >= 15 is 0 Å². The highest BCUT2D eigenvalue weighted by atomic mass is 31.2. The van der Waals surface area contributed by atoms with Gasteiger partial charge in [0.25, 0.3) is 0 Å². The lowest BCUT2D eigenvalue weighted by Gasteiger charge is -2.16. The van der Waals surface area contributed by atoms with Gasteiger partial charge >= 0.3 is 7.60 Å². The average Bonchev–Trinajstić information content (AvgIpc) is 2.50. The van der Waals surface area contributed by atoms with Crippen LogP contribution in [0.3, 0.4) is 0 Å². The van der Waals surface area contributed by atoms with Gasteiger partial charge < -0.3 is 19.3 Å². The summed E-state index contributed by atoms with van der Waals surface area (Å²) in [5.41, 5.74) is 0.706. The van der Waals surface area contributed by atoms with E-state index in [9.17, 15) is 14.6 Å². The van der Waals surface area contributed by atoms with E-state index in [-0.39, 0.29) is 18.0 Å². The molecule has 2 aromatic rings. The minimum atomic E-state index is -3.64. The molecule has 2 rings (SSSR count). The van der Waals surface area contributed by atoms with E-state index in [1.165, 1.54) is 12.1 Å². The van der Waals surface area contributed by atoms with E-state index in [4.69, 9.17) is 9.26 Å². The van der Waals surface area contributed by atoms with Gasteiger partial charge in [0.15, 0.2) is 0 Å². The number of aromatic hydroxyl groups is 1. The lowest BCUT2D eigenvalue weighted by atomic mass is 10.2. The molecule has 0 radical (unpaired) electrons. The summed E-state index contributed by atoms with van der Waals surface area (Å²) in [5.74, 6) is 1.38. The van der Waals surface area contributed by atoms with E-state index in [0.717, 1.165) is 0 Å². The molecule has 0 aliphatic carbocycles. The van der Waals surface area contributed by atoms with Crippen LogP contribution in [-0.4, -0.2) is 16.1 Å². The minimum Gasteiger partial charge on any atom is -0.508 e. The zero-order valence-corrected chi connectivity index (χ0v) is 14.1. The predicted molar refractivity (Wildman–Crippen MR) is 89.0 cm³/mol. The molecule has 5 nitrogen and oxygen atoms in total. The Kier molecular flexibility index (Phi) is 5.83. The second kappa shape index (κ2) is 7.64. The first-order valence-corrected chi connectivity index (χ1v) is 9.20. The molecule has 2 unspecified atom stereocenters. The molecule has 23 heavy (non-hydrogen) atoms. The SMILES string of the molecule is CCC(C)OP(=O)(O)Cc1ccc(Oc2ccc(O)cc2)cc1. The topological polar surface area (TPSA) is 76.0 Å². The Balaban J connectivity index is 1.99. The van der Waals surface area contributed by atoms with Gasteiger partial charge in [-0.05, 0) is 55.3 Å². The molecule has 0 aliphatic rings. The van der Waals surface area contributed by atoms with Crippen LogP contribution in [0.2, 0.25) is 0 Å². The monoisotopic (exact) mass is 336 g/mol. The van der Waals surface area contributed by atoms with Crippen LogP contribution in [0.4, 0.5) is 0 Å². The Morgan fingerprint density at radius 3 is 2.09 bits per heavy atom. The molecular formula is C17H21O5P.